The third-order valence-corrected chi connectivity index (χ3v) is 8.29. The van der Waals surface area contributed by atoms with Crippen molar-refractivity contribution in [3.8, 4) is 11.1 Å². The second-order valence-electron chi connectivity index (χ2n) is 10.5. The van der Waals surface area contributed by atoms with Gasteiger partial charge in [-0.25, -0.2) is 4.79 Å². The van der Waals surface area contributed by atoms with Gasteiger partial charge in [0.05, 0.1) is 5.92 Å². The average Bonchev–Trinajstić information content (AvgIpc) is 3.78. The molecule has 3 aliphatic carbocycles. The highest BCUT2D eigenvalue weighted by molar-refractivity contribution is 5.86. The van der Waals surface area contributed by atoms with Crippen molar-refractivity contribution in [1.29, 1.82) is 0 Å². The van der Waals surface area contributed by atoms with Gasteiger partial charge in [-0.1, -0.05) is 61.4 Å². The summed E-state index contributed by atoms with van der Waals surface area (Å²) < 4.78 is 5.69. The molecule has 2 N–H and O–H groups in total. The van der Waals surface area contributed by atoms with Crippen LogP contribution in [0.1, 0.15) is 42.7 Å². The number of aliphatic carboxylic acids is 1. The molecule has 7 heteroatoms. The smallest absolute Gasteiger partial charge is 0.407 e. The highest BCUT2D eigenvalue weighted by atomic mass is 16.5. The summed E-state index contributed by atoms with van der Waals surface area (Å²) in [7, 11) is 0. The Morgan fingerprint density at radius 1 is 0.971 bits per heavy atom. The molecule has 182 valence electrons. The van der Waals surface area contributed by atoms with Gasteiger partial charge in [-0.05, 0) is 52.8 Å². The van der Waals surface area contributed by atoms with E-state index in [9.17, 15) is 19.5 Å². The van der Waals surface area contributed by atoms with Crippen LogP contribution in [0.25, 0.3) is 11.1 Å². The number of carboxylic acids is 1. The van der Waals surface area contributed by atoms with Gasteiger partial charge in [-0.3, -0.25) is 9.59 Å². The van der Waals surface area contributed by atoms with Gasteiger partial charge in [-0.15, -0.1) is 0 Å². The van der Waals surface area contributed by atoms with Crippen molar-refractivity contribution in [3.63, 3.8) is 0 Å². The van der Waals surface area contributed by atoms with Gasteiger partial charge in [0.25, 0.3) is 0 Å². The van der Waals surface area contributed by atoms with Gasteiger partial charge < -0.3 is 20.1 Å². The molecule has 4 atom stereocenters. The van der Waals surface area contributed by atoms with Gasteiger partial charge in [-0.2, -0.15) is 0 Å². The zero-order valence-electron chi connectivity index (χ0n) is 19.6. The minimum Gasteiger partial charge on any atom is -0.481 e. The van der Waals surface area contributed by atoms with E-state index in [0.717, 1.165) is 24.0 Å². The predicted molar refractivity (Wildman–Crippen MR) is 129 cm³/mol. The first-order valence-electron chi connectivity index (χ1n) is 12.6. The number of carbonyl (C=O) groups excluding carboxylic acids is 2. The number of carboxylic acid groups (broad SMARTS) is 1. The van der Waals surface area contributed by atoms with Crippen LogP contribution >= 0.6 is 0 Å². The van der Waals surface area contributed by atoms with Gasteiger partial charge in [0.15, 0.2) is 0 Å². The normalized spacial score (nSPS) is 25.1. The lowest BCUT2D eigenvalue weighted by atomic mass is 9.98. The number of rotatable bonds is 7. The van der Waals surface area contributed by atoms with Gasteiger partial charge in [0, 0.05) is 19.0 Å². The number of piperidine rings is 1. The number of benzene rings is 2. The summed E-state index contributed by atoms with van der Waals surface area (Å²) in [5.74, 6) is -0.560. The minimum absolute atomic E-state index is 0.0346. The Hall–Kier alpha value is -3.35. The molecule has 2 saturated carbocycles. The first-order valence-corrected chi connectivity index (χ1v) is 12.6. The quantitative estimate of drug-likeness (QED) is 0.635. The maximum absolute atomic E-state index is 13.3. The van der Waals surface area contributed by atoms with Crippen LogP contribution in [0.15, 0.2) is 48.5 Å². The molecule has 0 bridgehead atoms. The summed E-state index contributed by atoms with van der Waals surface area (Å²) in [6.45, 7) is 1.23. The van der Waals surface area contributed by atoms with E-state index < -0.39 is 18.1 Å². The number of ether oxygens (including phenoxy) is 1. The molecule has 1 aliphatic heterocycles. The summed E-state index contributed by atoms with van der Waals surface area (Å²) >= 11 is 0. The second kappa shape index (κ2) is 8.70. The van der Waals surface area contributed by atoms with E-state index in [4.69, 9.17) is 4.74 Å². The van der Waals surface area contributed by atoms with Crippen LogP contribution in [0.4, 0.5) is 4.79 Å². The van der Waals surface area contributed by atoms with Crippen LogP contribution in [0.2, 0.25) is 0 Å². The first-order chi connectivity index (χ1) is 17.0. The Bertz CT molecular complexity index is 1130. The molecule has 2 aromatic carbocycles. The lowest BCUT2D eigenvalue weighted by Gasteiger charge is -2.30. The zero-order valence-corrected chi connectivity index (χ0v) is 19.6. The molecule has 2 aromatic rings. The van der Waals surface area contributed by atoms with Crippen LogP contribution < -0.4 is 5.32 Å². The van der Waals surface area contributed by atoms with Crippen molar-refractivity contribution in [2.24, 2.45) is 23.7 Å². The van der Waals surface area contributed by atoms with E-state index in [1.165, 1.54) is 11.1 Å². The Morgan fingerprint density at radius 2 is 1.63 bits per heavy atom. The number of hydrogen-bond donors (Lipinski definition) is 2. The summed E-state index contributed by atoms with van der Waals surface area (Å²) in [5.41, 5.74) is 4.63. The second-order valence-corrected chi connectivity index (χ2v) is 10.5. The molecule has 3 fully saturated rings. The van der Waals surface area contributed by atoms with Gasteiger partial charge in [0.1, 0.15) is 12.6 Å². The molecular weight excluding hydrogens is 444 g/mol. The lowest BCUT2D eigenvalue weighted by molar-refractivity contribution is -0.139. The fourth-order valence-corrected chi connectivity index (χ4v) is 6.22. The summed E-state index contributed by atoms with van der Waals surface area (Å²) in [5, 5.41) is 12.2. The number of nitrogens with one attached hydrogen (secondary N) is 1. The van der Waals surface area contributed by atoms with E-state index in [-0.39, 0.29) is 36.2 Å². The fourth-order valence-electron chi connectivity index (χ4n) is 6.22. The molecule has 6 rings (SSSR count). The molecule has 2 unspecified atom stereocenters. The summed E-state index contributed by atoms with van der Waals surface area (Å²) in [6.07, 6.45) is 2.89. The van der Waals surface area contributed by atoms with E-state index in [2.05, 4.69) is 29.6 Å². The van der Waals surface area contributed by atoms with E-state index in [1.807, 2.05) is 24.3 Å². The third kappa shape index (κ3) is 4.17. The number of carbonyl (C=O) groups is 3. The van der Waals surface area contributed by atoms with Crippen LogP contribution in [0.3, 0.4) is 0 Å². The van der Waals surface area contributed by atoms with Crippen molar-refractivity contribution >= 4 is 18.0 Å². The SMILES string of the molecule is O=C(NC(CC1CC1)C(=O)N1CC[C@H]2C(C(=O)O)[C@H]2C1)OCC1c2ccccc2-c2ccccc21. The fraction of sp³-hybridized carbons (Fsp3) is 0.464. The highest BCUT2D eigenvalue weighted by Crippen LogP contribution is 2.52. The molecule has 35 heavy (non-hydrogen) atoms. The minimum atomic E-state index is -0.763. The summed E-state index contributed by atoms with van der Waals surface area (Å²) in [4.78, 5) is 39.3. The van der Waals surface area contributed by atoms with Crippen molar-refractivity contribution in [2.45, 2.75) is 37.6 Å². The Balaban J connectivity index is 1.10. The Morgan fingerprint density at radius 3 is 2.26 bits per heavy atom. The van der Waals surface area contributed by atoms with Crippen LogP contribution in [0.5, 0.6) is 0 Å². The Kier molecular flexibility index (Phi) is 5.50. The molecule has 0 radical (unpaired) electrons. The maximum Gasteiger partial charge on any atom is 0.407 e. The van der Waals surface area contributed by atoms with Gasteiger partial charge >= 0.3 is 12.1 Å². The van der Waals surface area contributed by atoms with Crippen molar-refractivity contribution in [1.82, 2.24) is 10.2 Å². The Labute approximate surface area is 204 Å². The number of nitrogens with zero attached hydrogens (tertiary/aromatic N) is 1. The molecule has 1 heterocycles. The average molecular weight is 475 g/mol. The summed E-state index contributed by atoms with van der Waals surface area (Å²) in [6, 6.07) is 15.7. The maximum atomic E-state index is 13.3. The van der Waals surface area contributed by atoms with E-state index >= 15 is 0 Å². The molecular formula is C28H30N2O5. The molecule has 0 aromatic heterocycles. The number of alkyl carbamates (subject to hydrolysis) is 1. The topological polar surface area (TPSA) is 95.9 Å². The van der Waals surface area contributed by atoms with Crippen molar-refractivity contribution < 1.29 is 24.2 Å². The van der Waals surface area contributed by atoms with Crippen LogP contribution in [-0.4, -0.2) is 53.7 Å². The first kappa shape index (κ1) is 22.1. The number of hydrogen-bond acceptors (Lipinski definition) is 4. The van der Waals surface area contributed by atoms with E-state index in [0.29, 0.717) is 31.8 Å². The monoisotopic (exact) mass is 474 g/mol. The zero-order chi connectivity index (χ0) is 24.1. The molecule has 4 aliphatic rings. The largest absolute Gasteiger partial charge is 0.481 e. The van der Waals surface area contributed by atoms with Crippen LogP contribution in [-0.2, 0) is 14.3 Å². The number of likely N-dealkylation sites (tertiary alicyclic amines) is 1. The lowest BCUT2D eigenvalue weighted by Crippen LogP contribution is -2.50. The van der Waals surface area contributed by atoms with Gasteiger partial charge in [0.2, 0.25) is 5.91 Å². The molecule has 7 nitrogen and oxygen atoms in total. The molecule has 2 amide bonds. The van der Waals surface area contributed by atoms with Crippen LogP contribution in [0, 0.1) is 23.7 Å². The molecule has 1 saturated heterocycles. The number of fused-ring (bicyclic) bond motifs is 4. The highest BCUT2D eigenvalue weighted by Gasteiger charge is 2.57. The third-order valence-electron chi connectivity index (χ3n) is 8.29. The predicted octanol–water partition coefficient (Wildman–Crippen LogP) is 3.87. The molecule has 0 spiro atoms. The van der Waals surface area contributed by atoms with E-state index in [1.54, 1.807) is 4.90 Å². The van der Waals surface area contributed by atoms with Crippen molar-refractivity contribution in [2.75, 3.05) is 19.7 Å². The number of amides is 2. The standard InChI is InChI=1S/C28H30N2O5/c31-26(30-12-11-21-22(14-30)25(21)27(32)33)24(13-16-9-10-16)29-28(34)35-15-23-19-7-3-1-5-17(19)18-6-2-4-8-20(18)23/h1-8,16,21-25H,9-15H2,(H,29,34)(H,32,33)/t21-,22+,24?,25?/m1/s1. The van der Waals surface area contributed by atoms with Crippen molar-refractivity contribution in [3.05, 3.63) is 59.7 Å².